The molecule has 0 atom stereocenters. The molecule has 0 amide bonds. The first kappa shape index (κ1) is 20.3. The molecule has 146 valence electrons. The molecule has 3 rings (SSSR count). The van der Waals surface area contributed by atoms with Crippen molar-refractivity contribution in [3.63, 3.8) is 0 Å². The van der Waals surface area contributed by atoms with E-state index in [-0.39, 0.29) is 18.1 Å². The number of esters is 1. The zero-order valence-electron chi connectivity index (χ0n) is 15.5. The molecule has 0 saturated heterocycles. The summed E-state index contributed by atoms with van der Waals surface area (Å²) >= 11 is 1.29. The number of ether oxygens (including phenoxy) is 1. The van der Waals surface area contributed by atoms with E-state index in [4.69, 9.17) is 4.74 Å². The maximum absolute atomic E-state index is 12.5. The van der Waals surface area contributed by atoms with Gasteiger partial charge in [0.25, 0.3) is 5.69 Å². The normalized spacial score (nSPS) is 10.4. The number of nitro benzene ring substituents is 1. The van der Waals surface area contributed by atoms with E-state index in [2.05, 4.69) is 0 Å². The number of benzene rings is 3. The molecule has 0 saturated carbocycles. The van der Waals surface area contributed by atoms with Gasteiger partial charge in [-0.1, -0.05) is 53.7 Å². The summed E-state index contributed by atoms with van der Waals surface area (Å²) in [6.45, 7) is 1.58. The summed E-state index contributed by atoms with van der Waals surface area (Å²) < 4.78 is 5.21. The largest absolute Gasteiger partial charge is 0.454 e. The van der Waals surface area contributed by atoms with Gasteiger partial charge in [-0.3, -0.25) is 14.9 Å². The number of non-ortho nitro benzene ring substituents is 1. The Bertz CT molecular complexity index is 1050. The van der Waals surface area contributed by atoms with Crippen LogP contribution in [0.1, 0.15) is 26.3 Å². The highest BCUT2D eigenvalue weighted by Gasteiger charge is 2.16. The van der Waals surface area contributed by atoms with Crippen LogP contribution in [0.2, 0.25) is 0 Å². The van der Waals surface area contributed by atoms with Crippen molar-refractivity contribution in [1.82, 2.24) is 0 Å². The third kappa shape index (κ3) is 5.30. The standard InChI is InChI=1S/C22H17NO5S/c1-15-6-8-16(9-7-15)20(24)14-28-22(25)19-4-2-3-5-21(19)29-18-12-10-17(11-13-18)23(26)27/h2-13H,14H2,1H3. The quantitative estimate of drug-likeness (QED) is 0.235. The number of hydrogen-bond acceptors (Lipinski definition) is 6. The highest BCUT2D eigenvalue weighted by Crippen LogP contribution is 2.31. The fourth-order valence-electron chi connectivity index (χ4n) is 2.52. The average Bonchev–Trinajstić information content (AvgIpc) is 2.73. The maximum Gasteiger partial charge on any atom is 0.339 e. The number of nitro groups is 1. The average molecular weight is 407 g/mol. The first-order valence-corrected chi connectivity index (χ1v) is 9.54. The van der Waals surface area contributed by atoms with Crippen LogP contribution in [-0.4, -0.2) is 23.3 Å². The summed E-state index contributed by atoms with van der Waals surface area (Å²) in [7, 11) is 0. The van der Waals surface area contributed by atoms with E-state index in [1.807, 2.05) is 19.1 Å². The van der Waals surface area contributed by atoms with Crippen LogP contribution in [-0.2, 0) is 4.74 Å². The molecule has 0 heterocycles. The SMILES string of the molecule is Cc1ccc(C(=O)COC(=O)c2ccccc2Sc2ccc([N+](=O)[O-])cc2)cc1. The molecule has 0 aliphatic carbocycles. The van der Waals surface area contributed by atoms with Gasteiger partial charge in [0.05, 0.1) is 10.5 Å². The van der Waals surface area contributed by atoms with Crippen molar-refractivity contribution in [3.05, 3.63) is 99.6 Å². The van der Waals surface area contributed by atoms with Gasteiger partial charge in [-0.15, -0.1) is 0 Å². The minimum atomic E-state index is -0.601. The van der Waals surface area contributed by atoms with E-state index >= 15 is 0 Å². The molecule has 0 radical (unpaired) electrons. The van der Waals surface area contributed by atoms with Crippen LogP contribution >= 0.6 is 11.8 Å². The third-order valence-corrected chi connectivity index (χ3v) is 5.17. The number of nitrogens with zero attached hydrogens (tertiary/aromatic N) is 1. The minimum absolute atomic E-state index is 0.00309. The molecule has 0 aliphatic rings. The smallest absolute Gasteiger partial charge is 0.339 e. The second-order valence-corrected chi connectivity index (χ2v) is 7.33. The predicted molar refractivity (Wildman–Crippen MR) is 109 cm³/mol. The number of Topliss-reactive ketones (excluding diaryl/α,β-unsaturated/α-hetero) is 1. The van der Waals surface area contributed by atoms with E-state index < -0.39 is 10.9 Å². The Kier molecular flexibility index (Phi) is 6.41. The Labute approximate surface area is 171 Å². The van der Waals surface area contributed by atoms with E-state index in [0.717, 1.165) is 10.5 Å². The Morgan fingerprint density at radius 3 is 2.28 bits per heavy atom. The van der Waals surface area contributed by atoms with Crippen LogP contribution in [0.3, 0.4) is 0 Å². The zero-order valence-corrected chi connectivity index (χ0v) is 16.3. The van der Waals surface area contributed by atoms with E-state index in [1.54, 1.807) is 48.5 Å². The molecule has 3 aromatic rings. The minimum Gasteiger partial charge on any atom is -0.454 e. The maximum atomic E-state index is 12.5. The summed E-state index contributed by atoms with van der Waals surface area (Å²) in [5.74, 6) is -0.880. The van der Waals surface area contributed by atoms with Crippen molar-refractivity contribution < 1.29 is 19.2 Å². The molecule has 0 N–H and O–H groups in total. The number of hydrogen-bond donors (Lipinski definition) is 0. The van der Waals surface area contributed by atoms with Crippen LogP contribution < -0.4 is 0 Å². The lowest BCUT2D eigenvalue weighted by Crippen LogP contribution is -2.14. The van der Waals surface area contributed by atoms with E-state index in [0.29, 0.717) is 16.0 Å². The Morgan fingerprint density at radius 1 is 0.966 bits per heavy atom. The number of carbonyl (C=O) groups is 2. The van der Waals surface area contributed by atoms with Crippen molar-refractivity contribution in [3.8, 4) is 0 Å². The molecule has 6 nitrogen and oxygen atoms in total. The van der Waals surface area contributed by atoms with Gasteiger partial charge in [-0.05, 0) is 31.2 Å². The van der Waals surface area contributed by atoms with Crippen LogP contribution in [0.25, 0.3) is 0 Å². The van der Waals surface area contributed by atoms with Gasteiger partial charge >= 0.3 is 5.97 Å². The Morgan fingerprint density at radius 2 is 1.62 bits per heavy atom. The van der Waals surface area contributed by atoms with Crippen molar-refractivity contribution in [2.24, 2.45) is 0 Å². The molecular formula is C22H17NO5S. The first-order chi connectivity index (χ1) is 13.9. The lowest BCUT2D eigenvalue weighted by molar-refractivity contribution is -0.384. The topological polar surface area (TPSA) is 86.5 Å². The summed E-state index contributed by atoms with van der Waals surface area (Å²) in [5, 5.41) is 10.8. The summed E-state index contributed by atoms with van der Waals surface area (Å²) in [4.78, 5) is 36.4. The lowest BCUT2D eigenvalue weighted by Gasteiger charge is -2.09. The van der Waals surface area contributed by atoms with Crippen LogP contribution in [0.5, 0.6) is 0 Å². The number of aryl methyl sites for hydroxylation is 1. The van der Waals surface area contributed by atoms with Crippen LogP contribution in [0, 0.1) is 17.0 Å². The molecule has 7 heteroatoms. The molecule has 0 fully saturated rings. The van der Waals surface area contributed by atoms with Crippen molar-refractivity contribution in [1.29, 1.82) is 0 Å². The van der Waals surface area contributed by atoms with Gasteiger partial charge in [0.2, 0.25) is 0 Å². The number of carbonyl (C=O) groups excluding carboxylic acids is 2. The molecule has 0 aromatic heterocycles. The van der Waals surface area contributed by atoms with E-state index in [9.17, 15) is 19.7 Å². The second kappa shape index (κ2) is 9.16. The molecule has 0 unspecified atom stereocenters. The molecule has 0 spiro atoms. The summed E-state index contributed by atoms with van der Waals surface area (Å²) in [5.41, 5.74) is 1.84. The Balaban J connectivity index is 1.69. The van der Waals surface area contributed by atoms with Gasteiger partial charge in [-0.2, -0.15) is 0 Å². The molecule has 0 bridgehead atoms. The molecule has 29 heavy (non-hydrogen) atoms. The third-order valence-electron chi connectivity index (χ3n) is 4.09. The first-order valence-electron chi connectivity index (χ1n) is 8.72. The van der Waals surface area contributed by atoms with E-state index in [1.165, 1.54) is 23.9 Å². The highest BCUT2D eigenvalue weighted by atomic mass is 32.2. The highest BCUT2D eigenvalue weighted by molar-refractivity contribution is 7.99. The van der Waals surface area contributed by atoms with Crippen LogP contribution in [0.4, 0.5) is 5.69 Å². The number of ketones is 1. The van der Waals surface area contributed by atoms with Crippen molar-refractivity contribution in [2.45, 2.75) is 16.7 Å². The summed E-state index contributed by atoms with van der Waals surface area (Å²) in [6.07, 6.45) is 0. The fraction of sp³-hybridized carbons (Fsp3) is 0.0909. The predicted octanol–water partition coefficient (Wildman–Crippen LogP) is 5.09. The van der Waals surface area contributed by atoms with Crippen molar-refractivity contribution in [2.75, 3.05) is 6.61 Å². The van der Waals surface area contributed by atoms with Crippen LogP contribution in [0.15, 0.2) is 82.6 Å². The summed E-state index contributed by atoms with van der Waals surface area (Å²) in [6, 6.07) is 20.0. The second-order valence-electron chi connectivity index (χ2n) is 6.21. The Hall–Kier alpha value is -3.45. The molecule has 3 aromatic carbocycles. The molecular weight excluding hydrogens is 390 g/mol. The molecule has 0 aliphatic heterocycles. The monoisotopic (exact) mass is 407 g/mol. The van der Waals surface area contributed by atoms with Crippen molar-refractivity contribution >= 4 is 29.2 Å². The fourth-order valence-corrected chi connectivity index (χ4v) is 3.45. The van der Waals surface area contributed by atoms with Gasteiger partial charge in [0.1, 0.15) is 0 Å². The van der Waals surface area contributed by atoms with Gasteiger partial charge in [0, 0.05) is 27.5 Å². The van der Waals surface area contributed by atoms with Gasteiger partial charge < -0.3 is 4.74 Å². The van der Waals surface area contributed by atoms with Gasteiger partial charge in [-0.25, -0.2) is 4.79 Å². The lowest BCUT2D eigenvalue weighted by atomic mass is 10.1. The zero-order chi connectivity index (χ0) is 20.8. The number of rotatable bonds is 7. The van der Waals surface area contributed by atoms with Gasteiger partial charge in [0.15, 0.2) is 12.4 Å².